The lowest BCUT2D eigenvalue weighted by atomic mass is 9.79. The molecule has 2 saturated heterocycles. The van der Waals surface area contributed by atoms with Crippen molar-refractivity contribution < 1.29 is 19.1 Å². The Kier molecular flexibility index (Phi) is 5.09. The molecule has 0 bridgehead atoms. The minimum absolute atomic E-state index is 0.0417. The van der Waals surface area contributed by atoms with Crippen molar-refractivity contribution in [1.82, 2.24) is 15.2 Å². The van der Waals surface area contributed by atoms with E-state index in [1.165, 1.54) is 11.3 Å². The molecule has 4 atom stereocenters. The zero-order valence-electron chi connectivity index (χ0n) is 17.8. The number of fused-ring (bicyclic) bond motifs is 2. The van der Waals surface area contributed by atoms with E-state index in [9.17, 15) is 14.4 Å². The Morgan fingerprint density at radius 1 is 1.32 bits per heavy atom. The summed E-state index contributed by atoms with van der Waals surface area (Å²) in [5.74, 6) is -0.365. The Hall–Kier alpha value is -2.32. The van der Waals surface area contributed by atoms with Crippen molar-refractivity contribution in [1.29, 1.82) is 0 Å². The molecule has 8 heteroatoms. The number of Topliss-reactive ketones (excluding diaryl/α,β-unsaturated/α-hetero) is 1. The summed E-state index contributed by atoms with van der Waals surface area (Å²) in [6, 6.07) is 4.21. The summed E-state index contributed by atoms with van der Waals surface area (Å²) >= 11 is 1.48. The second-order valence-electron chi connectivity index (χ2n) is 9.46. The maximum absolute atomic E-state index is 13.8. The zero-order valence-corrected chi connectivity index (χ0v) is 18.6. The number of nitrogens with zero attached hydrogens (tertiary/aromatic N) is 2. The number of rotatable bonds is 4. The van der Waals surface area contributed by atoms with Crippen molar-refractivity contribution in [2.45, 2.75) is 57.7 Å². The number of thiazole rings is 1. The second-order valence-corrected chi connectivity index (χ2v) is 10.3. The van der Waals surface area contributed by atoms with Crippen LogP contribution in [-0.4, -0.2) is 58.8 Å². The maximum atomic E-state index is 13.8. The van der Waals surface area contributed by atoms with Crippen LogP contribution in [0.15, 0.2) is 23.7 Å². The highest BCUT2D eigenvalue weighted by Gasteiger charge is 2.54. The van der Waals surface area contributed by atoms with E-state index in [0.717, 1.165) is 35.9 Å². The minimum Gasteiger partial charge on any atom is -0.367 e. The summed E-state index contributed by atoms with van der Waals surface area (Å²) in [5.41, 5.74) is 2.80. The van der Waals surface area contributed by atoms with Crippen molar-refractivity contribution in [2.24, 2.45) is 11.3 Å². The Morgan fingerprint density at radius 3 is 2.87 bits per heavy atom. The van der Waals surface area contributed by atoms with Gasteiger partial charge in [-0.05, 0) is 36.5 Å². The van der Waals surface area contributed by atoms with Gasteiger partial charge in [-0.25, -0.2) is 4.98 Å². The third-order valence-corrected chi connectivity index (χ3v) is 8.07. The fourth-order valence-electron chi connectivity index (χ4n) is 5.50. The minimum atomic E-state index is -0.668. The third-order valence-electron chi connectivity index (χ3n) is 7.28. The summed E-state index contributed by atoms with van der Waals surface area (Å²) in [6.45, 7) is 4.64. The lowest BCUT2D eigenvalue weighted by molar-refractivity contribution is -0.140. The summed E-state index contributed by atoms with van der Waals surface area (Å²) < 4.78 is 6.60. The Labute approximate surface area is 185 Å². The molecule has 164 valence electrons. The molecular weight excluding hydrogens is 414 g/mol. The van der Waals surface area contributed by atoms with Gasteiger partial charge in [-0.15, -0.1) is 11.3 Å². The molecule has 2 aromatic rings. The van der Waals surface area contributed by atoms with E-state index in [-0.39, 0.29) is 41.6 Å². The molecule has 5 rings (SSSR count). The van der Waals surface area contributed by atoms with Crippen LogP contribution in [-0.2, 0) is 14.3 Å². The van der Waals surface area contributed by atoms with Crippen LogP contribution >= 0.6 is 11.3 Å². The van der Waals surface area contributed by atoms with Crippen LogP contribution in [0.5, 0.6) is 0 Å². The van der Waals surface area contributed by atoms with Gasteiger partial charge in [0.2, 0.25) is 5.91 Å². The number of likely N-dealkylation sites (tertiary alicyclic amines) is 1. The van der Waals surface area contributed by atoms with Crippen molar-refractivity contribution >= 4 is 39.2 Å². The molecule has 3 fully saturated rings. The molecule has 31 heavy (non-hydrogen) atoms. The number of ketones is 1. The summed E-state index contributed by atoms with van der Waals surface area (Å²) in [5, 5.41) is 3.06. The molecule has 1 saturated carbocycles. The van der Waals surface area contributed by atoms with Gasteiger partial charge >= 0.3 is 0 Å². The third kappa shape index (κ3) is 3.46. The number of amides is 2. The second kappa shape index (κ2) is 7.67. The van der Waals surface area contributed by atoms with E-state index < -0.39 is 12.1 Å². The number of hydrogen-bond acceptors (Lipinski definition) is 6. The molecule has 1 aromatic carbocycles. The number of aromatic nitrogens is 1. The van der Waals surface area contributed by atoms with Gasteiger partial charge in [-0.1, -0.05) is 26.7 Å². The highest BCUT2D eigenvalue weighted by Crippen LogP contribution is 2.42. The highest BCUT2D eigenvalue weighted by molar-refractivity contribution is 7.16. The first-order chi connectivity index (χ1) is 14.9. The van der Waals surface area contributed by atoms with Crippen molar-refractivity contribution in [2.75, 3.05) is 13.2 Å². The van der Waals surface area contributed by atoms with Gasteiger partial charge in [0.05, 0.1) is 21.8 Å². The number of carbonyl (C=O) groups excluding carboxylic acids is 3. The quantitative estimate of drug-likeness (QED) is 0.788. The Bertz CT molecular complexity index is 1040. The van der Waals surface area contributed by atoms with Gasteiger partial charge in [0, 0.05) is 18.0 Å². The average molecular weight is 442 g/mol. The average Bonchev–Trinajstić information content (AvgIpc) is 3.52. The molecule has 3 heterocycles. The maximum Gasteiger partial charge on any atom is 0.251 e. The van der Waals surface area contributed by atoms with E-state index in [1.807, 2.05) is 19.1 Å². The molecule has 1 aliphatic carbocycles. The topological polar surface area (TPSA) is 88.6 Å². The summed E-state index contributed by atoms with van der Waals surface area (Å²) in [6.07, 6.45) is 3.58. The van der Waals surface area contributed by atoms with E-state index in [4.69, 9.17) is 4.74 Å². The Balaban J connectivity index is 1.44. The molecule has 1 aromatic heterocycles. The van der Waals surface area contributed by atoms with E-state index in [0.29, 0.717) is 12.1 Å². The number of benzene rings is 1. The zero-order chi connectivity index (χ0) is 21.8. The number of ether oxygens (including phenoxy) is 1. The monoisotopic (exact) mass is 441 g/mol. The van der Waals surface area contributed by atoms with Crippen LogP contribution in [0.3, 0.4) is 0 Å². The molecule has 7 nitrogen and oxygen atoms in total. The molecule has 0 radical (unpaired) electrons. The lowest BCUT2D eigenvalue weighted by Crippen LogP contribution is -2.57. The van der Waals surface area contributed by atoms with Crippen LogP contribution in [0.1, 0.15) is 49.9 Å². The van der Waals surface area contributed by atoms with Gasteiger partial charge in [0.25, 0.3) is 5.91 Å². The van der Waals surface area contributed by atoms with Gasteiger partial charge < -0.3 is 15.0 Å². The van der Waals surface area contributed by atoms with Crippen LogP contribution in [0.2, 0.25) is 0 Å². The largest absolute Gasteiger partial charge is 0.367 e. The number of nitrogens with one attached hydrogen (secondary N) is 1. The van der Waals surface area contributed by atoms with Gasteiger partial charge in [-0.2, -0.15) is 0 Å². The highest BCUT2D eigenvalue weighted by atomic mass is 32.1. The lowest BCUT2D eigenvalue weighted by Gasteiger charge is -2.37. The molecule has 3 aliphatic rings. The fourth-order valence-corrected chi connectivity index (χ4v) is 6.22. The fraction of sp³-hybridized carbons (Fsp3) is 0.565. The first-order valence-electron chi connectivity index (χ1n) is 11.0. The molecule has 2 amide bonds. The van der Waals surface area contributed by atoms with Crippen molar-refractivity contribution in [3.05, 3.63) is 29.3 Å². The standard InChI is InChI=1S/C23H27N3O4S/c1-13-10-26(18-16(27)11-30-19(13)18)22(29)20(23(2)7-3-4-8-23)25-21(28)14-5-6-15-17(9-14)31-12-24-15/h5-6,9,12-13,18-20H,3-4,7-8,10-11H2,1-2H3,(H,25,28)/t13-,18-,19-,20-/m1/s1. The molecule has 0 unspecified atom stereocenters. The predicted octanol–water partition coefficient (Wildman–Crippen LogP) is 2.79. The van der Waals surface area contributed by atoms with E-state index in [1.54, 1.807) is 16.5 Å². The van der Waals surface area contributed by atoms with Crippen molar-refractivity contribution in [3.8, 4) is 0 Å². The predicted molar refractivity (Wildman–Crippen MR) is 117 cm³/mol. The smallest absolute Gasteiger partial charge is 0.251 e. The number of carbonyl (C=O) groups is 3. The first kappa shape index (κ1) is 20.6. The summed E-state index contributed by atoms with van der Waals surface area (Å²) in [7, 11) is 0. The van der Waals surface area contributed by atoms with Crippen LogP contribution in [0, 0.1) is 11.3 Å². The van der Waals surface area contributed by atoms with Gasteiger partial charge in [0.15, 0.2) is 5.78 Å². The van der Waals surface area contributed by atoms with Crippen LogP contribution in [0.4, 0.5) is 0 Å². The van der Waals surface area contributed by atoms with E-state index >= 15 is 0 Å². The van der Waals surface area contributed by atoms with Gasteiger partial charge in [0.1, 0.15) is 18.7 Å². The summed E-state index contributed by atoms with van der Waals surface area (Å²) in [4.78, 5) is 45.4. The SMILES string of the molecule is C[C@@H]1CN(C(=O)[C@@H](NC(=O)c2ccc3ncsc3c2)C2(C)CCCC2)[C@@H]2C(=O)CO[C@H]12. The normalized spacial score (nSPS) is 28.1. The number of hydrogen-bond donors (Lipinski definition) is 1. The van der Waals surface area contributed by atoms with E-state index in [2.05, 4.69) is 17.2 Å². The first-order valence-corrected chi connectivity index (χ1v) is 11.8. The van der Waals surface area contributed by atoms with Crippen LogP contribution < -0.4 is 5.32 Å². The van der Waals surface area contributed by atoms with Gasteiger partial charge in [-0.3, -0.25) is 14.4 Å². The molecule has 2 aliphatic heterocycles. The molecule has 1 N–H and O–H groups in total. The Morgan fingerprint density at radius 2 is 2.10 bits per heavy atom. The van der Waals surface area contributed by atoms with Crippen molar-refractivity contribution in [3.63, 3.8) is 0 Å². The molecular formula is C23H27N3O4S. The van der Waals surface area contributed by atoms with Crippen LogP contribution in [0.25, 0.3) is 10.2 Å². The molecule has 0 spiro atoms.